The summed E-state index contributed by atoms with van der Waals surface area (Å²) in [6.07, 6.45) is -1.65. The van der Waals surface area contributed by atoms with Gasteiger partial charge in [0.05, 0.1) is 18.3 Å². The molecule has 11 heteroatoms. The molecular weight excluding hydrogens is 496 g/mol. The Balaban J connectivity index is 1.31. The molecule has 180 valence electrons. The summed E-state index contributed by atoms with van der Waals surface area (Å²) >= 11 is 9.02. The van der Waals surface area contributed by atoms with E-state index < -0.39 is 24.0 Å². The molecule has 34 heavy (non-hydrogen) atoms. The molecule has 0 aliphatic carbocycles. The summed E-state index contributed by atoms with van der Waals surface area (Å²) in [4.78, 5) is 32.9. The number of rotatable bonds is 8. The summed E-state index contributed by atoms with van der Waals surface area (Å²) in [7, 11) is 0. The highest BCUT2D eigenvalue weighted by molar-refractivity contribution is 7.13. The van der Waals surface area contributed by atoms with E-state index >= 15 is 0 Å². The van der Waals surface area contributed by atoms with Crippen LogP contribution in [0.25, 0.3) is 0 Å². The van der Waals surface area contributed by atoms with Crippen LogP contribution >= 0.6 is 34.3 Å². The third-order valence-corrected chi connectivity index (χ3v) is 7.86. The zero-order valence-corrected chi connectivity index (χ0v) is 20.6. The number of amides is 2. The van der Waals surface area contributed by atoms with Gasteiger partial charge in [0, 0.05) is 33.1 Å². The lowest BCUT2D eigenvalue weighted by Crippen LogP contribution is -2.50. The van der Waals surface area contributed by atoms with Gasteiger partial charge in [-0.2, -0.15) is 0 Å². The second-order valence-corrected chi connectivity index (χ2v) is 10.6. The first kappa shape index (κ1) is 24.6. The predicted octanol–water partition coefficient (Wildman–Crippen LogP) is 2.73. The summed E-state index contributed by atoms with van der Waals surface area (Å²) < 4.78 is 0. The van der Waals surface area contributed by atoms with Crippen molar-refractivity contribution in [3.05, 3.63) is 67.8 Å². The number of carbonyl (C=O) groups is 2. The number of nitrogens with one attached hydrogen (secondary N) is 1. The lowest BCUT2D eigenvalue weighted by atomic mass is 10.1. The van der Waals surface area contributed by atoms with E-state index in [4.69, 9.17) is 17.3 Å². The molecule has 1 aliphatic heterocycles. The van der Waals surface area contributed by atoms with Gasteiger partial charge < -0.3 is 26.2 Å². The summed E-state index contributed by atoms with van der Waals surface area (Å²) in [5.41, 5.74) is 7.37. The van der Waals surface area contributed by atoms with Crippen molar-refractivity contribution in [1.29, 1.82) is 0 Å². The second kappa shape index (κ2) is 10.8. The van der Waals surface area contributed by atoms with E-state index in [0.29, 0.717) is 35.2 Å². The number of hydrogen-bond donors (Lipinski definition) is 4. The molecule has 3 atom stereocenters. The number of benzene rings is 1. The fourth-order valence-corrected chi connectivity index (χ4v) is 5.75. The van der Waals surface area contributed by atoms with E-state index in [-0.39, 0.29) is 12.6 Å². The number of hydrogen-bond acceptors (Lipinski definition) is 8. The van der Waals surface area contributed by atoms with Gasteiger partial charge in [-0.05, 0) is 36.6 Å². The molecule has 1 aromatic carbocycles. The smallest absolute Gasteiger partial charge is 0.255 e. The van der Waals surface area contributed by atoms with Crippen LogP contribution in [0.3, 0.4) is 0 Å². The molecule has 3 heterocycles. The number of anilines is 1. The van der Waals surface area contributed by atoms with Gasteiger partial charge in [0.15, 0.2) is 17.3 Å². The summed E-state index contributed by atoms with van der Waals surface area (Å²) in [5.74, 6) is -1.51. The van der Waals surface area contributed by atoms with Crippen LogP contribution in [0.1, 0.15) is 39.9 Å². The highest BCUT2D eigenvalue weighted by Gasteiger charge is 2.39. The first-order valence-corrected chi connectivity index (χ1v) is 12.9. The average molecular weight is 521 g/mol. The average Bonchev–Trinajstić information content (AvgIpc) is 3.58. The van der Waals surface area contributed by atoms with Crippen molar-refractivity contribution in [2.75, 3.05) is 12.3 Å². The molecule has 1 aliphatic rings. The number of carbonyl (C=O) groups excluding carboxylic acids is 2. The number of thiophene rings is 1. The van der Waals surface area contributed by atoms with E-state index in [9.17, 15) is 19.8 Å². The van der Waals surface area contributed by atoms with Crippen LogP contribution in [-0.4, -0.2) is 50.7 Å². The maximum atomic E-state index is 12.8. The van der Waals surface area contributed by atoms with Crippen LogP contribution in [0.15, 0.2) is 41.8 Å². The van der Waals surface area contributed by atoms with E-state index in [2.05, 4.69) is 10.3 Å². The normalized spacial score (nSPS) is 17.5. The van der Waals surface area contributed by atoms with Crippen LogP contribution in [0, 0.1) is 0 Å². The van der Waals surface area contributed by atoms with E-state index in [0.717, 1.165) is 21.7 Å². The topological polar surface area (TPSA) is 129 Å². The monoisotopic (exact) mass is 520 g/mol. The summed E-state index contributed by atoms with van der Waals surface area (Å²) in [6, 6.07) is 11.1. The Morgan fingerprint density at radius 3 is 2.71 bits per heavy atom. The number of likely N-dealkylation sites (tertiary alicyclic amines) is 1. The molecule has 3 aromatic rings. The fraction of sp³-hybridized carbons (Fsp3) is 0.348. The minimum absolute atomic E-state index is 0.175. The van der Waals surface area contributed by atoms with Crippen LogP contribution in [0.4, 0.5) is 5.13 Å². The zero-order valence-electron chi connectivity index (χ0n) is 18.2. The first-order valence-electron chi connectivity index (χ1n) is 10.8. The molecule has 0 bridgehead atoms. The molecule has 8 nitrogen and oxygen atoms in total. The molecule has 0 spiro atoms. The van der Waals surface area contributed by atoms with Crippen molar-refractivity contribution < 1.29 is 19.8 Å². The number of thiazole rings is 1. The van der Waals surface area contributed by atoms with Gasteiger partial charge in [0.25, 0.3) is 11.8 Å². The largest absolute Gasteiger partial charge is 0.380 e. The van der Waals surface area contributed by atoms with Gasteiger partial charge in [-0.1, -0.05) is 29.8 Å². The van der Waals surface area contributed by atoms with E-state index in [1.807, 2.05) is 36.4 Å². The summed E-state index contributed by atoms with van der Waals surface area (Å²) in [6.45, 7) is 0.587. The van der Waals surface area contributed by atoms with Crippen molar-refractivity contribution in [1.82, 2.24) is 15.2 Å². The molecule has 1 fully saturated rings. The highest BCUT2D eigenvalue weighted by atomic mass is 35.5. The van der Waals surface area contributed by atoms with Gasteiger partial charge in [-0.15, -0.1) is 22.7 Å². The number of nitrogens with two attached hydrogens (primary N) is 1. The van der Waals surface area contributed by atoms with Crippen LogP contribution in [0.5, 0.6) is 0 Å². The molecule has 2 amide bonds. The van der Waals surface area contributed by atoms with E-state index in [1.54, 1.807) is 5.38 Å². The zero-order chi connectivity index (χ0) is 24.2. The number of nitrogen functional groups attached to an aromatic ring is 1. The highest BCUT2D eigenvalue weighted by Crippen LogP contribution is 2.33. The second-order valence-electron chi connectivity index (χ2n) is 8.04. The molecule has 0 radical (unpaired) electrons. The Morgan fingerprint density at radius 2 is 1.97 bits per heavy atom. The maximum absolute atomic E-state index is 12.8. The third kappa shape index (κ3) is 5.59. The molecule has 0 unspecified atom stereocenters. The Bertz CT molecular complexity index is 1170. The SMILES string of the molecule is Nc1nc([C@H]2CCCN2C(=O)[C@H](O)[C@@H](O)C(=O)NCc2ccc(Cc3ccccc3Cl)s2)cs1. The summed E-state index contributed by atoms with van der Waals surface area (Å²) in [5, 5.41) is 26.2. The molecule has 2 aromatic heterocycles. The molecule has 1 saturated heterocycles. The number of nitrogens with zero attached hydrogens (tertiary/aromatic N) is 2. The number of aliphatic hydroxyl groups excluding tert-OH is 2. The van der Waals surface area contributed by atoms with Crippen LogP contribution in [0.2, 0.25) is 5.02 Å². The van der Waals surface area contributed by atoms with E-state index in [1.165, 1.54) is 27.6 Å². The minimum Gasteiger partial charge on any atom is -0.380 e. The Hall–Kier alpha value is -2.50. The lowest BCUT2D eigenvalue weighted by molar-refractivity contribution is -0.153. The maximum Gasteiger partial charge on any atom is 0.255 e. The van der Waals surface area contributed by atoms with Crippen molar-refractivity contribution in [3.63, 3.8) is 0 Å². The molecule has 4 rings (SSSR count). The first-order chi connectivity index (χ1) is 16.3. The Labute approximate surface area is 210 Å². The third-order valence-electron chi connectivity index (χ3n) is 5.71. The number of aliphatic hydroxyl groups is 2. The van der Waals surface area contributed by atoms with Gasteiger partial charge in [-0.25, -0.2) is 4.98 Å². The van der Waals surface area contributed by atoms with Crippen LogP contribution in [-0.2, 0) is 22.6 Å². The quantitative estimate of drug-likeness (QED) is 0.361. The number of aromatic nitrogens is 1. The minimum atomic E-state index is -1.88. The van der Waals surface area contributed by atoms with Gasteiger partial charge in [0.1, 0.15) is 0 Å². The lowest BCUT2D eigenvalue weighted by Gasteiger charge is -2.27. The van der Waals surface area contributed by atoms with Gasteiger partial charge in [-0.3, -0.25) is 9.59 Å². The fourth-order valence-electron chi connectivity index (χ4n) is 3.96. The Kier molecular flexibility index (Phi) is 7.84. The van der Waals surface area contributed by atoms with Gasteiger partial charge in [0.2, 0.25) is 0 Å². The molecule has 5 N–H and O–H groups in total. The number of halogens is 1. The molecular formula is C23H25ClN4O4S2. The van der Waals surface area contributed by atoms with Crippen molar-refractivity contribution in [3.8, 4) is 0 Å². The standard InChI is InChI=1S/C23H25ClN4O4S2/c24-16-5-2-1-4-13(16)10-14-7-8-15(34-14)11-26-21(31)19(29)20(30)22(32)28-9-3-6-18(28)17-12-33-23(25)27-17/h1-2,4-5,7-8,12,18-20,29-30H,3,6,9-11H2,(H2,25,27)(H,26,31)/t18-,19-,20-/m1/s1. The van der Waals surface area contributed by atoms with Crippen LogP contribution < -0.4 is 11.1 Å². The van der Waals surface area contributed by atoms with Gasteiger partial charge >= 0.3 is 0 Å². The van der Waals surface area contributed by atoms with Crippen molar-refractivity contribution in [2.45, 2.75) is 44.1 Å². The van der Waals surface area contributed by atoms with Crippen molar-refractivity contribution in [2.24, 2.45) is 0 Å². The Morgan fingerprint density at radius 1 is 1.21 bits per heavy atom. The van der Waals surface area contributed by atoms with Crippen molar-refractivity contribution >= 4 is 51.2 Å². The predicted molar refractivity (Wildman–Crippen MR) is 133 cm³/mol. The molecule has 0 saturated carbocycles.